The van der Waals surface area contributed by atoms with Crippen molar-refractivity contribution in [2.24, 2.45) is 7.05 Å². The highest BCUT2D eigenvalue weighted by Gasteiger charge is 2.29. The van der Waals surface area contributed by atoms with Crippen LogP contribution in [0.5, 0.6) is 0 Å². The molecule has 0 bridgehead atoms. The largest absolute Gasteiger partial charge is 0.459 e. The Morgan fingerprint density at radius 1 is 1.29 bits per heavy atom. The van der Waals surface area contributed by atoms with Crippen LogP contribution in [0.2, 0.25) is 0 Å². The van der Waals surface area contributed by atoms with E-state index in [-0.39, 0.29) is 17.5 Å². The SMILES string of the molecule is CCC(=O)Nc1cc(-c2cn(C)c(=O)c3cc(CN4CCN(S(C)(=O)=O)CC4C)oc23)ccn1. The minimum atomic E-state index is -3.23. The van der Waals surface area contributed by atoms with Crippen LogP contribution in [0, 0.1) is 0 Å². The molecule has 11 heteroatoms. The van der Waals surface area contributed by atoms with Crippen molar-refractivity contribution in [3.05, 3.63) is 46.7 Å². The van der Waals surface area contributed by atoms with Crippen LogP contribution in [0.1, 0.15) is 26.0 Å². The lowest BCUT2D eigenvalue weighted by Crippen LogP contribution is -2.52. The highest BCUT2D eigenvalue weighted by Crippen LogP contribution is 2.31. The molecule has 1 aliphatic heterocycles. The number of aryl methyl sites for hydroxylation is 1. The van der Waals surface area contributed by atoms with E-state index in [1.807, 2.05) is 6.92 Å². The fourth-order valence-corrected chi connectivity index (χ4v) is 5.08. The Morgan fingerprint density at radius 3 is 2.74 bits per heavy atom. The Bertz CT molecular complexity index is 1390. The number of aromatic nitrogens is 2. The monoisotopic (exact) mass is 487 g/mol. The molecule has 4 heterocycles. The number of amides is 1. The van der Waals surface area contributed by atoms with E-state index < -0.39 is 10.0 Å². The van der Waals surface area contributed by atoms with Gasteiger partial charge in [-0.2, -0.15) is 4.31 Å². The summed E-state index contributed by atoms with van der Waals surface area (Å²) in [5.41, 5.74) is 1.78. The third kappa shape index (κ3) is 4.91. The van der Waals surface area contributed by atoms with Crippen LogP contribution in [0.4, 0.5) is 5.82 Å². The first-order chi connectivity index (χ1) is 16.1. The van der Waals surface area contributed by atoms with Gasteiger partial charge in [0, 0.05) is 57.1 Å². The summed E-state index contributed by atoms with van der Waals surface area (Å²) in [5, 5.41) is 3.22. The molecule has 1 fully saturated rings. The van der Waals surface area contributed by atoms with Crippen molar-refractivity contribution in [1.82, 2.24) is 18.8 Å². The third-order valence-corrected chi connectivity index (χ3v) is 7.39. The number of nitrogens with zero attached hydrogens (tertiary/aromatic N) is 4. The van der Waals surface area contributed by atoms with E-state index in [4.69, 9.17) is 4.42 Å². The number of anilines is 1. The minimum Gasteiger partial charge on any atom is -0.459 e. The highest BCUT2D eigenvalue weighted by atomic mass is 32.2. The molecule has 0 radical (unpaired) electrons. The number of carbonyl (C=O) groups excluding carboxylic acids is 1. The Kier molecular flexibility index (Phi) is 6.61. The maximum atomic E-state index is 12.8. The number of rotatable bonds is 6. The number of carbonyl (C=O) groups is 1. The third-order valence-electron chi connectivity index (χ3n) is 6.12. The Balaban J connectivity index is 1.66. The molecule has 1 aliphatic rings. The van der Waals surface area contributed by atoms with Gasteiger partial charge in [-0.25, -0.2) is 13.4 Å². The maximum absolute atomic E-state index is 12.8. The minimum absolute atomic E-state index is 0.00363. The molecule has 1 N–H and O–H groups in total. The van der Waals surface area contributed by atoms with E-state index in [0.717, 1.165) is 5.56 Å². The standard InChI is InChI=1S/C23H29N5O5S/c1-5-21(29)25-20-10-16(6-7-24-20)19-14-26(3)23(30)18-11-17(33-22(18)19)13-27-8-9-28(12-15(27)2)34(4,31)32/h6-7,10-11,14-15H,5,8-9,12-13H2,1-4H3,(H,24,25,29). The van der Waals surface area contributed by atoms with Crippen LogP contribution in [0.3, 0.4) is 0 Å². The van der Waals surface area contributed by atoms with Crippen LogP contribution in [0.15, 0.2) is 39.8 Å². The number of pyridine rings is 2. The lowest BCUT2D eigenvalue weighted by Gasteiger charge is -2.38. The predicted molar refractivity (Wildman–Crippen MR) is 130 cm³/mol. The van der Waals surface area contributed by atoms with Crippen molar-refractivity contribution >= 4 is 32.7 Å². The number of fused-ring (bicyclic) bond motifs is 1. The van der Waals surface area contributed by atoms with Gasteiger partial charge in [-0.15, -0.1) is 0 Å². The zero-order chi connectivity index (χ0) is 24.6. The van der Waals surface area contributed by atoms with Crippen molar-refractivity contribution in [2.45, 2.75) is 32.9 Å². The molecule has 3 aromatic rings. The first-order valence-corrected chi connectivity index (χ1v) is 13.0. The average molecular weight is 488 g/mol. The summed E-state index contributed by atoms with van der Waals surface area (Å²) in [6.07, 6.45) is 4.88. The van der Waals surface area contributed by atoms with Gasteiger partial charge in [0.25, 0.3) is 5.56 Å². The fourth-order valence-electron chi connectivity index (χ4n) is 4.18. The molecule has 4 rings (SSSR count). The quantitative estimate of drug-likeness (QED) is 0.565. The van der Waals surface area contributed by atoms with Gasteiger partial charge in [0.2, 0.25) is 15.9 Å². The Morgan fingerprint density at radius 2 is 2.06 bits per heavy atom. The molecule has 3 aromatic heterocycles. The summed E-state index contributed by atoms with van der Waals surface area (Å²) in [7, 11) is -1.54. The van der Waals surface area contributed by atoms with Gasteiger partial charge in [0.1, 0.15) is 17.2 Å². The van der Waals surface area contributed by atoms with E-state index >= 15 is 0 Å². The summed E-state index contributed by atoms with van der Waals surface area (Å²) in [6, 6.07) is 5.32. The summed E-state index contributed by atoms with van der Waals surface area (Å²) < 4.78 is 32.9. The molecule has 0 saturated carbocycles. The first-order valence-electron chi connectivity index (χ1n) is 11.1. The van der Waals surface area contributed by atoms with E-state index in [1.54, 1.807) is 44.6 Å². The van der Waals surface area contributed by atoms with Gasteiger partial charge in [-0.05, 0) is 30.7 Å². The molecular weight excluding hydrogens is 458 g/mol. The molecule has 0 aliphatic carbocycles. The Labute approximate surface area is 198 Å². The maximum Gasteiger partial charge on any atom is 0.261 e. The van der Waals surface area contributed by atoms with Gasteiger partial charge in [0.05, 0.1) is 18.2 Å². The van der Waals surface area contributed by atoms with Crippen LogP contribution < -0.4 is 10.9 Å². The molecule has 1 atom stereocenters. The van der Waals surface area contributed by atoms with Crippen molar-refractivity contribution in [2.75, 3.05) is 31.2 Å². The van der Waals surface area contributed by atoms with Gasteiger partial charge in [0.15, 0.2) is 0 Å². The number of nitrogens with one attached hydrogen (secondary N) is 1. The molecule has 1 amide bonds. The molecular formula is C23H29N5O5S. The van der Waals surface area contributed by atoms with E-state index in [2.05, 4.69) is 15.2 Å². The molecule has 0 aromatic carbocycles. The molecule has 34 heavy (non-hydrogen) atoms. The van der Waals surface area contributed by atoms with Crippen LogP contribution >= 0.6 is 0 Å². The number of sulfonamides is 1. The predicted octanol–water partition coefficient (Wildman–Crippen LogP) is 2.01. The van der Waals surface area contributed by atoms with Crippen LogP contribution in [-0.2, 0) is 28.4 Å². The fraction of sp³-hybridized carbons (Fsp3) is 0.435. The molecule has 0 spiro atoms. The van der Waals surface area contributed by atoms with Crippen molar-refractivity contribution in [3.63, 3.8) is 0 Å². The summed E-state index contributed by atoms with van der Waals surface area (Å²) >= 11 is 0. The highest BCUT2D eigenvalue weighted by molar-refractivity contribution is 7.88. The zero-order valence-electron chi connectivity index (χ0n) is 19.7. The lowest BCUT2D eigenvalue weighted by atomic mass is 10.1. The molecule has 10 nitrogen and oxygen atoms in total. The second kappa shape index (κ2) is 9.32. The van der Waals surface area contributed by atoms with Crippen LogP contribution in [-0.4, -0.2) is 65.0 Å². The normalized spacial score (nSPS) is 17.8. The van der Waals surface area contributed by atoms with E-state index in [1.165, 1.54) is 15.1 Å². The van der Waals surface area contributed by atoms with Crippen molar-refractivity contribution < 1.29 is 17.6 Å². The van der Waals surface area contributed by atoms with Gasteiger partial charge in [-0.1, -0.05) is 6.92 Å². The summed E-state index contributed by atoms with van der Waals surface area (Å²) in [6.45, 7) is 5.61. The summed E-state index contributed by atoms with van der Waals surface area (Å²) in [4.78, 5) is 31.0. The van der Waals surface area contributed by atoms with Gasteiger partial charge < -0.3 is 14.3 Å². The lowest BCUT2D eigenvalue weighted by molar-refractivity contribution is -0.115. The van der Waals surface area contributed by atoms with Gasteiger partial charge in [-0.3, -0.25) is 14.5 Å². The number of hydrogen-bond acceptors (Lipinski definition) is 7. The molecule has 182 valence electrons. The smallest absolute Gasteiger partial charge is 0.261 e. The molecule has 1 saturated heterocycles. The van der Waals surface area contributed by atoms with Crippen LogP contribution in [0.25, 0.3) is 22.1 Å². The second-order valence-electron chi connectivity index (χ2n) is 8.69. The topological polar surface area (TPSA) is 118 Å². The summed E-state index contributed by atoms with van der Waals surface area (Å²) in [5.74, 6) is 0.920. The van der Waals surface area contributed by atoms with Crippen molar-refractivity contribution in [1.29, 1.82) is 0 Å². The zero-order valence-corrected chi connectivity index (χ0v) is 20.6. The first kappa shape index (κ1) is 24.1. The Hall–Kier alpha value is -3.02. The molecule has 1 unspecified atom stereocenters. The number of piperazine rings is 1. The van der Waals surface area contributed by atoms with E-state index in [9.17, 15) is 18.0 Å². The van der Waals surface area contributed by atoms with Crippen molar-refractivity contribution in [3.8, 4) is 11.1 Å². The average Bonchev–Trinajstić information content (AvgIpc) is 3.21. The number of furan rings is 1. The van der Waals surface area contributed by atoms with Gasteiger partial charge >= 0.3 is 0 Å². The number of hydrogen-bond donors (Lipinski definition) is 1. The van der Waals surface area contributed by atoms with E-state index in [0.29, 0.717) is 60.7 Å². The second-order valence-corrected chi connectivity index (χ2v) is 10.7.